The number of nitrogens with one attached hydrogen (secondary N) is 1. The summed E-state index contributed by atoms with van der Waals surface area (Å²) in [5.74, 6) is 0.0299. The molecule has 1 aliphatic heterocycles. The molecule has 0 spiro atoms. The first-order chi connectivity index (χ1) is 14.5. The van der Waals surface area contributed by atoms with Crippen LogP contribution in [0.15, 0.2) is 66.4 Å². The van der Waals surface area contributed by atoms with Gasteiger partial charge in [-0.15, -0.1) is 0 Å². The zero-order valence-electron chi connectivity index (χ0n) is 16.0. The number of aromatic amines is 1. The van der Waals surface area contributed by atoms with Crippen LogP contribution in [0.1, 0.15) is 15.9 Å². The minimum Gasteiger partial charge on any atom is -0.508 e. The largest absolute Gasteiger partial charge is 0.508 e. The Hall–Kier alpha value is -4.19. The van der Waals surface area contributed by atoms with Crippen molar-refractivity contribution in [3.63, 3.8) is 0 Å². The van der Waals surface area contributed by atoms with E-state index in [9.17, 15) is 15.0 Å². The molecule has 5 rings (SSSR count). The van der Waals surface area contributed by atoms with Gasteiger partial charge in [0.2, 0.25) is 5.78 Å². The fourth-order valence-corrected chi connectivity index (χ4v) is 3.71. The Morgan fingerprint density at radius 2 is 1.80 bits per heavy atom. The molecule has 1 aliphatic rings. The van der Waals surface area contributed by atoms with Crippen molar-refractivity contribution in [3.8, 4) is 34.3 Å². The molecule has 2 heterocycles. The molecular weight excluding hydrogens is 382 g/mol. The van der Waals surface area contributed by atoms with Gasteiger partial charge in [0.25, 0.3) is 0 Å². The number of ether oxygens (including phenoxy) is 2. The number of hydrogen-bond donors (Lipinski definition) is 3. The fraction of sp³-hybridized carbons (Fsp3) is 0.0417. The van der Waals surface area contributed by atoms with Gasteiger partial charge in [-0.2, -0.15) is 0 Å². The number of Topliss-reactive ketones (excluding diaryl/α,β-unsaturated/α-hetero) is 1. The van der Waals surface area contributed by atoms with Crippen LogP contribution in [0.3, 0.4) is 0 Å². The summed E-state index contributed by atoms with van der Waals surface area (Å²) in [5, 5.41) is 20.7. The minimum absolute atomic E-state index is 0.0462. The molecule has 6 nitrogen and oxygen atoms in total. The zero-order valence-corrected chi connectivity index (χ0v) is 16.0. The monoisotopic (exact) mass is 399 g/mol. The first-order valence-corrected chi connectivity index (χ1v) is 9.30. The van der Waals surface area contributed by atoms with Crippen molar-refractivity contribution in [1.82, 2.24) is 4.98 Å². The van der Waals surface area contributed by atoms with E-state index in [0.717, 1.165) is 39.5 Å². The number of para-hydroxylation sites is 1. The second-order valence-electron chi connectivity index (χ2n) is 6.97. The molecule has 0 radical (unpaired) electrons. The van der Waals surface area contributed by atoms with E-state index in [0.29, 0.717) is 0 Å². The SMILES string of the molecule is COc1ccc(-c2[nH]c3ccccc3c2/C=C2\Oc3cc(O)cc(O)c3C2=O)cc1. The summed E-state index contributed by atoms with van der Waals surface area (Å²) < 4.78 is 10.9. The fourth-order valence-electron chi connectivity index (χ4n) is 3.71. The van der Waals surface area contributed by atoms with Gasteiger partial charge in [-0.25, -0.2) is 0 Å². The summed E-state index contributed by atoms with van der Waals surface area (Å²) in [6.07, 6.45) is 1.66. The number of aromatic nitrogens is 1. The Bertz CT molecular complexity index is 1330. The van der Waals surface area contributed by atoms with Gasteiger partial charge in [0.1, 0.15) is 28.6 Å². The van der Waals surface area contributed by atoms with E-state index in [1.807, 2.05) is 48.5 Å². The third-order valence-corrected chi connectivity index (χ3v) is 5.14. The van der Waals surface area contributed by atoms with Crippen LogP contribution in [0.4, 0.5) is 0 Å². The Kier molecular flexibility index (Phi) is 3.99. The normalized spacial score (nSPS) is 14.2. The van der Waals surface area contributed by atoms with Crippen LogP contribution in [0.5, 0.6) is 23.0 Å². The molecule has 1 aromatic heterocycles. The Labute approximate surface area is 171 Å². The number of carbonyl (C=O) groups excluding carboxylic acids is 1. The van der Waals surface area contributed by atoms with E-state index in [2.05, 4.69) is 4.98 Å². The quantitative estimate of drug-likeness (QED) is 0.428. The first-order valence-electron chi connectivity index (χ1n) is 9.30. The van der Waals surface area contributed by atoms with Crippen LogP contribution in [-0.2, 0) is 0 Å². The highest BCUT2D eigenvalue weighted by molar-refractivity contribution is 6.17. The maximum Gasteiger partial charge on any atom is 0.235 e. The van der Waals surface area contributed by atoms with E-state index >= 15 is 0 Å². The standard InChI is InChI=1S/C24H17NO5/c1-29-15-8-6-13(7-9-15)23-17(16-4-2-3-5-18(16)25-23)12-21-24(28)22-19(27)10-14(26)11-20(22)30-21/h2-12,25-27H,1H3/b21-12-. The highest BCUT2D eigenvalue weighted by Gasteiger charge is 2.32. The first kappa shape index (κ1) is 17.9. The van der Waals surface area contributed by atoms with Crippen LogP contribution in [0, 0.1) is 0 Å². The molecular formula is C24H17NO5. The molecule has 30 heavy (non-hydrogen) atoms. The number of ketones is 1. The molecule has 0 fully saturated rings. The average Bonchev–Trinajstić information content (AvgIpc) is 3.26. The highest BCUT2D eigenvalue weighted by atomic mass is 16.5. The predicted molar refractivity (Wildman–Crippen MR) is 113 cm³/mol. The molecule has 3 N–H and O–H groups in total. The van der Waals surface area contributed by atoms with Gasteiger partial charge in [-0.1, -0.05) is 18.2 Å². The van der Waals surface area contributed by atoms with Crippen LogP contribution in [-0.4, -0.2) is 28.1 Å². The van der Waals surface area contributed by atoms with E-state index < -0.39 is 5.78 Å². The molecule has 148 valence electrons. The summed E-state index contributed by atoms with van der Waals surface area (Å²) in [6, 6.07) is 17.8. The number of methoxy groups -OCH3 is 1. The number of rotatable bonds is 3. The number of phenolic OH excluding ortho intramolecular Hbond substituents is 2. The lowest BCUT2D eigenvalue weighted by atomic mass is 10.0. The van der Waals surface area contributed by atoms with Crippen molar-refractivity contribution in [3.05, 3.63) is 77.5 Å². The van der Waals surface area contributed by atoms with Crippen molar-refractivity contribution in [2.45, 2.75) is 0 Å². The van der Waals surface area contributed by atoms with Crippen molar-refractivity contribution in [2.75, 3.05) is 7.11 Å². The molecule has 6 heteroatoms. The van der Waals surface area contributed by atoms with E-state index in [1.54, 1.807) is 13.2 Å². The molecule has 0 unspecified atom stereocenters. The summed E-state index contributed by atoms with van der Waals surface area (Å²) in [7, 11) is 1.61. The number of fused-ring (bicyclic) bond motifs is 2. The van der Waals surface area contributed by atoms with Gasteiger partial charge in [0, 0.05) is 28.6 Å². The van der Waals surface area contributed by atoms with Crippen LogP contribution in [0.25, 0.3) is 28.2 Å². The van der Waals surface area contributed by atoms with Crippen molar-refractivity contribution < 1.29 is 24.5 Å². The van der Waals surface area contributed by atoms with Crippen LogP contribution in [0.2, 0.25) is 0 Å². The van der Waals surface area contributed by atoms with Gasteiger partial charge in [-0.05, 0) is 42.0 Å². The maximum atomic E-state index is 12.9. The van der Waals surface area contributed by atoms with E-state index in [-0.39, 0.29) is 28.6 Å². The molecule has 0 atom stereocenters. The number of carbonyl (C=O) groups is 1. The Balaban J connectivity index is 1.67. The lowest BCUT2D eigenvalue weighted by molar-refractivity contribution is 0.101. The van der Waals surface area contributed by atoms with Crippen molar-refractivity contribution in [2.24, 2.45) is 0 Å². The zero-order chi connectivity index (χ0) is 20.8. The van der Waals surface area contributed by atoms with Crippen LogP contribution >= 0.6 is 0 Å². The minimum atomic E-state index is -0.437. The third kappa shape index (κ3) is 2.78. The highest BCUT2D eigenvalue weighted by Crippen LogP contribution is 2.42. The number of hydrogen-bond acceptors (Lipinski definition) is 5. The maximum absolute atomic E-state index is 12.9. The molecule has 0 saturated carbocycles. The molecule has 0 aliphatic carbocycles. The summed E-state index contributed by atoms with van der Waals surface area (Å²) >= 11 is 0. The molecule has 0 saturated heterocycles. The van der Waals surface area contributed by atoms with Crippen molar-refractivity contribution >= 4 is 22.8 Å². The number of H-pyrrole nitrogens is 1. The van der Waals surface area contributed by atoms with Gasteiger partial charge in [0.05, 0.1) is 12.8 Å². The predicted octanol–water partition coefficient (Wildman–Crippen LogP) is 4.87. The summed E-state index contributed by atoms with van der Waals surface area (Å²) in [5.41, 5.74) is 3.49. The topological polar surface area (TPSA) is 91.8 Å². The second kappa shape index (κ2) is 6.70. The number of benzene rings is 3. The van der Waals surface area contributed by atoms with Crippen molar-refractivity contribution in [1.29, 1.82) is 0 Å². The Morgan fingerprint density at radius 3 is 2.57 bits per heavy atom. The van der Waals surface area contributed by atoms with Gasteiger partial charge in [0.15, 0.2) is 5.76 Å². The summed E-state index contributed by atoms with van der Waals surface area (Å²) in [6.45, 7) is 0. The van der Waals surface area contributed by atoms with Gasteiger partial charge < -0.3 is 24.7 Å². The second-order valence-corrected chi connectivity index (χ2v) is 6.97. The van der Waals surface area contributed by atoms with Gasteiger partial charge >= 0.3 is 0 Å². The third-order valence-electron chi connectivity index (χ3n) is 5.14. The lowest BCUT2D eigenvalue weighted by Gasteiger charge is -2.05. The molecule has 3 aromatic carbocycles. The molecule has 0 amide bonds. The Morgan fingerprint density at radius 1 is 1.03 bits per heavy atom. The lowest BCUT2D eigenvalue weighted by Crippen LogP contribution is -1.98. The number of phenols is 2. The summed E-state index contributed by atoms with van der Waals surface area (Å²) in [4.78, 5) is 16.3. The van der Waals surface area contributed by atoms with Gasteiger partial charge in [-0.3, -0.25) is 4.79 Å². The number of aromatic hydroxyl groups is 2. The van der Waals surface area contributed by atoms with E-state index in [1.165, 1.54) is 6.07 Å². The number of allylic oxidation sites excluding steroid dienone is 1. The average molecular weight is 399 g/mol. The molecule has 0 bridgehead atoms. The van der Waals surface area contributed by atoms with Crippen LogP contribution < -0.4 is 9.47 Å². The van der Waals surface area contributed by atoms with E-state index in [4.69, 9.17) is 9.47 Å². The molecule has 4 aromatic rings. The smallest absolute Gasteiger partial charge is 0.235 e.